The van der Waals surface area contributed by atoms with Gasteiger partial charge in [0.1, 0.15) is 12.4 Å². The maximum Gasteiger partial charge on any atom is 0.193 e. The van der Waals surface area contributed by atoms with Crippen molar-refractivity contribution in [3.8, 4) is 5.75 Å². The third-order valence-corrected chi connectivity index (χ3v) is 5.10. The standard InChI is InChI=1S/C18H27N3O/c1-15-6-3-4-7-16(15)22-13-11-20-17(19-2)21-12-10-18(14-21)8-5-9-18/h3-4,6-7H,5,8-14H2,1-2H3,(H,19,20). The van der Waals surface area contributed by atoms with Crippen molar-refractivity contribution in [2.24, 2.45) is 10.4 Å². The number of likely N-dealkylation sites (tertiary alicyclic amines) is 1. The molecule has 1 spiro atoms. The van der Waals surface area contributed by atoms with Gasteiger partial charge in [0.2, 0.25) is 0 Å². The molecule has 22 heavy (non-hydrogen) atoms. The van der Waals surface area contributed by atoms with Crippen LogP contribution >= 0.6 is 0 Å². The first kappa shape index (κ1) is 15.2. The molecule has 4 heteroatoms. The minimum atomic E-state index is 0.606. The molecule has 1 N–H and O–H groups in total. The van der Waals surface area contributed by atoms with Gasteiger partial charge in [-0.25, -0.2) is 0 Å². The van der Waals surface area contributed by atoms with Crippen molar-refractivity contribution in [2.75, 3.05) is 33.3 Å². The Hall–Kier alpha value is -1.71. The van der Waals surface area contributed by atoms with Crippen LogP contribution in [0.3, 0.4) is 0 Å². The molecule has 1 heterocycles. The molecule has 1 aliphatic carbocycles. The third kappa shape index (κ3) is 3.21. The first-order valence-electron chi connectivity index (χ1n) is 8.36. The monoisotopic (exact) mass is 301 g/mol. The lowest BCUT2D eigenvalue weighted by Crippen LogP contribution is -2.43. The van der Waals surface area contributed by atoms with Crippen molar-refractivity contribution in [1.29, 1.82) is 0 Å². The highest BCUT2D eigenvalue weighted by Crippen LogP contribution is 2.47. The summed E-state index contributed by atoms with van der Waals surface area (Å²) in [5.74, 6) is 1.99. The first-order chi connectivity index (χ1) is 10.7. The van der Waals surface area contributed by atoms with Crippen LogP contribution in [0.15, 0.2) is 29.3 Å². The lowest BCUT2D eigenvalue weighted by molar-refractivity contribution is 0.151. The van der Waals surface area contributed by atoms with Gasteiger partial charge in [-0.2, -0.15) is 0 Å². The van der Waals surface area contributed by atoms with Crippen LogP contribution in [0.4, 0.5) is 0 Å². The predicted molar refractivity (Wildman–Crippen MR) is 90.5 cm³/mol. The zero-order valence-corrected chi connectivity index (χ0v) is 13.8. The Morgan fingerprint density at radius 1 is 1.32 bits per heavy atom. The number of benzene rings is 1. The quantitative estimate of drug-likeness (QED) is 0.528. The van der Waals surface area contributed by atoms with Gasteiger partial charge in [0, 0.05) is 20.1 Å². The fourth-order valence-electron chi connectivity index (χ4n) is 3.58. The topological polar surface area (TPSA) is 36.9 Å². The zero-order chi connectivity index (χ0) is 15.4. The summed E-state index contributed by atoms with van der Waals surface area (Å²) in [7, 11) is 1.87. The molecule has 1 aromatic rings. The van der Waals surface area contributed by atoms with Gasteiger partial charge in [0.05, 0.1) is 6.54 Å². The van der Waals surface area contributed by atoms with Crippen molar-refractivity contribution >= 4 is 5.96 Å². The van der Waals surface area contributed by atoms with Gasteiger partial charge in [0.15, 0.2) is 5.96 Å². The molecule has 0 amide bonds. The number of rotatable bonds is 4. The van der Waals surface area contributed by atoms with Gasteiger partial charge in [-0.1, -0.05) is 24.6 Å². The number of para-hydroxylation sites is 1. The molecule has 2 aliphatic rings. The van der Waals surface area contributed by atoms with Crippen molar-refractivity contribution < 1.29 is 4.74 Å². The largest absolute Gasteiger partial charge is 0.491 e. The highest BCUT2D eigenvalue weighted by molar-refractivity contribution is 5.80. The van der Waals surface area contributed by atoms with Crippen molar-refractivity contribution in [3.05, 3.63) is 29.8 Å². The summed E-state index contributed by atoms with van der Waals surface area (Å²) >= 11 is 0. The lowest BCUT2D eigenvalue weighted by atomic mass is 9.68. The minimum absolute atomic E-state index is 0.606. The Balaban J connectivity index is 1.43. The molecule has 0 bridgehead atoms. The number of ether oxygens (including phenoxy) is 1. The number of aryl methyl sites for hydroxylation is 1. The van der Waals surface area contributed by atoms with Gasteiger partial charge in [-0.05, 0) is 43.2 Å². The van der Waals surface area contributed by atoms with Gasteiger partial charge >= 0.3 is 0 Å². The number of nitrogens with one attached hydrogen (secondary N) is 1. The van der Waals surface area contributed by atoms with Crippen LogP contribution in [0.5, 0.6) is 5.75 Å². The smallest absolute Gasteiger partial charge is 0.193 e. The Labute approximate surface area is 133 Å². The van der Waals surface area contributed by atoms with E-state index in [0.29, 0.717) is 12.0 Å². The van der Waals surface area contributed by atoms with E-state index in [9.17, 15) is 0 Å². The molecule has 120 valence electrons. The molecule has 0 unspecified atom stereocenters. The van der Waals surface area contributed by atoms with E-state index >= 15 is 0 Å². The number of aliphatic imine (C=N–C) groups is 1. The zero-order valence-electron chi connectivity index (χ0n) is 13.8. The molecule has 1 saturated heterocycles. The highest BCUT2D eigenvalue weighted by Gasteiger charge is 2.43. The summed E-state index contributed by atoms with van der Waals surface area (Å²) in [5, 5.41) is 3.44. The summed E-state index contributed by atoms with van der Waals surface area (Å²) in [5.41, 5.74) is 1.79. The Morgan fingerprint density at radius 2 is 2.14 bits per heavy atom. The Morgan fingerprint density at radius 3 is 2.77 bits per heavy atom. The van der Waals surface area contributed by atoms with Crippen molar-refractivity contribution in [3.63, 3.8) is 0 Å². The van der Waals surface area contributed by atoms with Crippen molar-refractivity contribution in [2.45, 2.75) is 32.6 Å². The van der Waals surface area contributed by atoms with E-state index in [0.717, 1.165) is 24.8 Å². The number of guanidine groups is 1. The molecule has 1 aliphatic heterocycles. The SMILES string of the molecule is CN=C(NCCOc1ccccc1C)N1CCC2(CCC2)C1. The maximum atomic E-state index is 5.83. The summed E-state index contributed by atoms with van der Waals surface area (Å²) in [4.78, 5) is 6.84. The summed E-state index contributed by atoms with van der Waals surface area (Å²) in [6, 6.07) is 8.14. The van der Waals surface area contributed by atoms with Crippen LogP contribution in [0.25, 0.3) is 0 Å². The van der Waals surface area contributed by atoms with Crippen LogP contribution < -0.4 is 10.1 Å². The van der Waals surface area contributed by atoms with Crippen LogP contribution in [0.2, 0.25) is 0 Å². The average molecular weight is 301 g/mol. The number of nitrogens with zero attached hydrogens (tertiary/aromatic N) is 2. The molecule has 4 nitrogen and oxygen atoms in total. The second-order valence-electron chi connectivity index (χ2n) is 6.61. The van der Waals surface area contributed by atoms with Gasteiger partial charge in [-0.3, -0.25) is 4.99 Å². The van der Waals surface area contributed by atoms with Gasteiger partial charge < -0.3 is 15.0 Å². The molecule has 3 rings (SSSR count). The van der Waals surface area contributed by atoms with Crippen LogP contribution in [-0.2, 0) is 0 Å². The van der Waals surface area contributed by atoms with Crippen molar-refractivity contribution in [1.82, 2.24) is 10.2 Å². The summed E-state index contributed by atoms with van der Waals surface area (Å²) in [6.45, 7) is 5.82. The average Bonchev–Trinajstić information content (AvgIpc) is 2.95. The lowest BCUT2D eigenvalue weighted by Gasteiger charge is -2.38. The van der Waals surface area contributed by atoms with E-state index in [-0.39, 0.29) is 0 Å². The minimum Gasteiger partial charge on any atom is -0.491 e. The third-order valence-electron chi connectivity index (χ3n) is 5.10. The fourth-order valence-corrected chi connectivity index (χ4v) is 3.58. The molecule has 0 atom stereocenters. The van der Waals surface area contributed by atoms with Gasteiger partial charge in [0.25, 0.3) is 0 Å². The fraction of sp³-hybridized carbons (Fsp3) is 0.611. The molecule has 1 saturated carbocycles. The summed E-state index contributed by atoms with van der Waals surface area (Å²) in [6.07, 6.45) is 5.53. The van der Waals surface area contributed by atoms with Crippen LogP contribution in [0, 0.1) is 12.3 Å². The van der Waals surface area contributed by atoms with E-state index in [2.05, 4.69) is 28.2 Å². The summed E-state index contributed by atoms with van der Waals surface area (Å²) < 4.78 is 5.83. The second kappa shape index (κ2) is 6.59. The number of hydrogen-bond donors (Lipinski definition) is 1. The van der Waals surface area contributed by atoms with E-state index < -0.39 is 0 Å². The van der Waals surface area contributed by atoms with E-state index in [4.69, 9.17) is 4.74 Å². The molecule has 0 radical (unpaired) electrons. The van der Waals surface area contributed by atoms with E-state index in [1.807, 2.05) is 25.2 Å². The molecule has 2 fully saturated rings. The van der Waals surface area contributed by atoms with Crippen LogP contribution in [0.1, 0.15) is 31.2 Å². The molecule has 0 aromatic heterocycles. The highest BCUT2D eigenvalue weighted by atomic mass is 16.5. The molecular formula is C18H27N3O. The van der Waals surface area contributed by atoms with Gasteiger partial charge in [-0.15, -0.1) is 0 Å². The normalized spacial score (nSPS) is 20.1. The second-order valence-corrected chi connectivity index (χ2v) is 6.61. The Bertz CT molecular complexity index is 537. The Kier molecular flexibility index (Phi) is 4.55. The predicted octanol–water partition coefficient (Wildman–Crippen LogP) is 2.83. The molecular weight excluding hydrogens is 274 g/mol. The number of hydrogen-bond acceptors (Lipinski definition) is 2. The van der Waals surface area contributed by atoms with E-state index in [1.54, 1.807) is 0 Å². The van der Waals surface area contributed by atoms with Crippen LogP contribution in [-0.4, -0.2) is 44.1 Å². The molecule has 1 aromatic carbocycles. The maximum absolute atomic E-state index is 5.83. The van der Waals surface area contributed by atoms with E-state index in [1.165, 1.54) is 37.8 Å². The first-order valence-corrected chi connectivity index (χ1v) is 8.36.